The topological polar surface area (TPSA) is 117 Å². The van der Waals surface area contributed by atoms with E-state index in [4.69, 9.17) is 4.98 Å². The number of hydrogen-bond donors (Lipinski definition) is 4. The number of aliphatic hydroxyl groups excluding tert-OH is 1. The number of nitrogens with zero attached hydrogens (tertiary/aromatic N) is 4. The molecule has 3 fully saturated rings. The van der Waals surface area contributed by atoms with Gasteiger partial charge in [-0.1, -0.05) is 7.43 Å². The van der Waals surface area contributed by atoms with Crippen molar-refractivity contribution < 1.29 is 18.7 Å². The second-order valence-corrected chi connectivity index (χ2v) is 10.9. The smallest absolute Gasteiger partial charge is 0.224 e. The highest BCUT2D eigenvalue weighted by atomic mass is 19.1. The quantitative estimate of drug-likeness (QED) is 0.324. The van der Waals surface area contributed by atoms with Crippen molar-refractivity contribution in [1.82, 2.24) is 24.8 Å². The summed E-state index contributed by atoms with van der Waals surface area (Å²) < 4.78 is 30.0. The van der Waals surface area contributed by atoms with Crippen LogP contribution in [0.25, 0.3) is 11.2 Å². The van der Waals surface area contributed by atoms with Gasteiger partial charge in [-0.3, -0.25) is 9.36 Å². The Bertz CT molecular complexity index is 1310. The first kappa shape index (κ1) is 27.2. The van der Waals surface area contributed by atoms with E-state index in [-0.39, 0.29) is 43.1 Å². The Morgan fingerprint density at radius 1 is 0.949 bits per heavy atom. The maximum Gasteiger partial charge on any atom is 0.224 e. The Kier molecular flexibility index (Phi) is 7.97. The molecule has 0 atom stereocenters. The molecule has 210 valence electrons. The number of aromatic nitrogens is 4. The summed E-state index contributed by atoms with van der Waals surface area (Å²) >= 11 is 0. The minimum atomic E-state index is -0.711. The average Bonchev–Trinajstić information content (AvgIpc) is 3.65. The summed E-state index contributed by atoms with van der Waals surface area (Å²) in [6.07, 6.45) is 9.69. The fraction of sp³-hybridized carbons (Fsp3) is 0.571. The first-order valence-corrected chi connectivity index (χ1v) is 13.6. The van der Waals surface area contributed by atoms with Crippen molar-refractivity contribution in [3.8, 4) is 0 Å². The van der Waals surface area contributed by atoms with Crippen molar-refractivity contribution >= 4 is 34.7 Å². The summed E-state index contributed by atoms with van der Waals surface area (Å²) in [5.41, 5.74) is 1.30. The lowest BCUT2D eigenvalue weighted by Gasteiger charge is -2.30. The molecule has 0 bridgehead atoms. The molecule has 6 rings (SSSR count). The van der Waals surface area contributed by atoms with Gasteiger partial charge in [-0.25, -0.2) is 18.7 Å². The molecule has 0 spiro atoms. The number of carbonyl (C=O) groups excluding carboxylic acids is 1. The van der Waals surface area contributed by atoms with Crippen molar-refractivity contribution in [2.75, 3.05) is 10.6 Å². The number of rotatable bonds is 7. The third kappa shape index (κ3) is 6.13. The van der Waals surface area contributed by atoms with Gasteiger partial charge in [-0.2, -0.15) is 4.98 Å². The lowest BCUT2D eigenvalue weighted by Crippen LogP contribution is -2.35. The average molecular weight is 542 g/mol. The van der Waals surface area contributed by atoms with Crippen LogP contribution in [0.15, 0.2) is 24.4 Å². The Labute approximate surface area is 226 Å². The molecule has 11 heteroatoms. The van der Waals surface area contributed by atoms with E-state index in [1.54, 1.807) is 6.20 Å². The zero-order chi connectivity index (χ0) is 26.2. The molecule has 2 heterocycles. The molecule has 3 aromatic rings. The lowest BCUT2D eigenvalue weighted by molar-refractivity contribution is -0.126. The lowest BCUT2D eigenvalue weighted by atomic mass is 9.85. The Morgan fingerprint density at radius 3 is 2.36 bits per heavy atom. The van der Waals surface area contributed by atoms with Gasteiger partial charge < -0.3 is 21.1 Å². The Hall–Kier alpha value is -3.34. The number of nitrogens with one attached hydrogen (secondary N) is 3. The number of halogens is 2. The Morgan fingerprint density at radius 2 is 1.67 bits per heavy atom. The van der Waals surface area contributed by atoms with E-state index in [1.807, 2.05) is 4.57 Å². The molecular formula is C28H37F2N7O2. The number of hydrogen-bond acceptors (Lipinski definition) is 7. The molecule has 2 aromatic heterocycles. The molecule has 0 aliphatic heterocycles. The minimum absolute atomic E-state index is 0. The minimum Gasteiger partial charge on any atom is -0.393 e. The predicted octanol–water partition coefficient (Wildman–Crippen LogP) is 5.21. The summed E-state index contributed by atoms with van der Waals surface area (Å²) in [7, 11) is 0. The van der Waals surface area contributed by atoms with Gasteiger partial charge >= 0.3 is 0 Å². The van der Waals surface area contributed by atoms with Crippen molar-refractivity contribution in [2.24, 2.45) is 5.92 Å². The molecular weight excluding hydrogens is 504 g/mol. The van der Waals surface area contributed by atoms with Crippen molar-refractivity contribution in [3.63, 3.8) is 0 Å². The van der Waals surface area contributed by atoms with E-state index >= 15 is 0 Å². The number of benzene rings is 1. The van der Waals surface area contributed by atoms with Crippen LogP contribution >= 0.6 is 0 Å². The van der Waals surface area contributed by atoms with Crippen LogP contribution in [0.2, 0.25) is 0 Å². The molecule has 4 N–H and O–H groups in total. The second-order valence-electron chi connectivity index (χ2n) is 10.9. The molecule has 9 nitrogen and oxygen atoms in total. The van der Waals surface area contributed by atoms with Gasteiger partial charge in [0, 0.05) is 30.1 Å². The zero-order valence-electron chi connectivity index (χ0n) is 21.2. The highest BCUT2D eigenvalue weighted by Crippen LogP contribution is 2.38. The third-order valence-electron chi connectivity index (χ3n) is 8.00. The van der Waals surface area contributed by atoms with Crippen LogP contribution in [0.5, 0.6) is 0 Å². The zero-order valence-corrected chi connectivity index (χ0v) is 21.2. The number of amides is 1. The highest BCUT2D eigenvalue weighted by Gasteiger charge is 2.33. The van der Waals surface area contributed by atoms with Crippen molar-refractivity contribution in [2.45, 2.75) is 95.9 Å². The molecule has 3 aliphatic rings. The standard InChI is InChI=1S/C27H33F2N7O2.CH4/c28-16-3-12-22(21(29)13-16)33-27-34-23-14-30-26(32-18-6-10-20(37)11-7-18)35-24(23)36(27)19-8-1-15(2-9-19)25(38)31-17-4-5-17;/h3,12-15,17-20,37H,1-2,4-11H2,(H,31,38)(H,33,34)(H,30,32,35);1H4. The van der Waals surface area contributed by atoms with Gasteiger partial charge in [0.1, 0.15) is 17.2 Å². The fourth-order valence-electron chi connectivity index (χ4n) is 5.65. The van der Waals surface area contributed by atoms with Crippen molar-refractivity contribution in [1.29, 1.82) is 0 Å². The number of imidazole rings is 1. The van der Waals surface area contributed by atoms with Gasteiger partial charge in [0.15, 0.2) is 5.65 Å². The molecule has 39 heavy (non-hydrogen) atoms. The molecule has 0 radical (unpaired) electrons. The van der Waals surface area contributed by atoms with Crippen LogP contribution in [0, 0.1) is 17.6 Å². The van der Waals surface area contributed by atoms with E-state index in [0.29, 0.717) is 29.1 Å². The summed E-state index contributed by atoms with van der Waals surface area (Å²) in [6, 6.07) is 3.91. The maximum absolute atomic E-state index is 14.5. The van der Waals surface area contributed by atoms with Gasteiger partial charge in [0.2, 0.25) is 17.8 Å². The van der Waals surface area contributed by atoms with Crippen LogP contribution in [0.4, 0.5) is 26.4 Å². The van der Waals surface area contributed by atoms with E-state index in [0.717, 1.165) is 70.3 Å². The molecule has 0 saturated heterocycles. The van der Waals surface area contributed by atoms with Crippen LogP contribution < -0.4 is 16.0 Å². The fourth-order valence-corrected chi connectivity index (χ4v) is 5.65. The van der Waals surface area contributed by atoms with Crippen LogP contribution in [0.1, 0.15) is 77.7 Å². The number of carbonyl (C=O) groups is 1. The van der Waals surface area contributed by atoms with Gasteiger partial charge in [0.05, 0.1) is 18.0 Å². The second kappa shape index (κ2) is 11.4. The number of aliphatic hydroxyl groups is 1. The summed E-state index contributed by atoms with van der Waals surface area (Å²) in [5, 5.41) is 19.4. The predicted molar refractivity (Wildman–Crippen MR) is 146 cm³/mol. The third-order valence-corrected chi connectivity index (χ3v) is 8.00. The SMILES string of the molecule is C.O=C(NC1CC1)C1CCC(n2c(Nc3ccc(F)cc3F)nc3cnc(NC4CCC(O)CC4)nc32)CC1. The van der Waals surface area contributed by atoms with Crippen LogP contribution in [-0.2, 0) is 4.79 Å². The molecule has 1 aromatic carbocycles. The van der Waals surface area contributed by atoms with E-state index < -0.39 is 11.6 Å². The number of anilines is 3. The van der Waals surface area contributed by atoms with Gasteiger partial charge in [-0.15, -0.1) is 0 Å². The Balaban J connectivity index is 0.00000308. The highest BCUT2D eigenvalue weighted by molar-refractivity contribution is 5.79. The summed E-state index contributed by atoms with van der Waals surface area (Å²) in [4.78, 5) is 26.6. The monoisotopic (exact) mass is 541 g/mol. The van der Waals surface area contributed by atoms with Crippen LogP contribution in [0.3, 0.4) is 0 Å². The molecule has 1 amide bonds. The largest absolute Gasteiger partial charge is 0.393 e. The molecule has 3 aliphatic carbocycles. The number of fused-ring (bicyclic) bond motifs is 1. The van der Waals surface area contributed by atoms with E-state index in [2.05, 4.69) is 25.9 Å². The molecule has 3 saturated carbocycles. The first-order valence-electron chi connectivity index (χ1n) is 13.6. The molecule has 0 unspecified atom stereocenters. The maximum atomic E-state index is 14.5. The van der Waals surface area contributed by atoms with Gasteiger partial charge in [-0.05, 0) is 76.3 Å². The normalized spacial score (nSPS) is 25.1. The van der Waals surface area contributed by atoms with Gasteiger partial charge in [0.25, 0.3) is 0 Å². The summed E-state index contributed by atoms with van der Waals surface area (Å²) in [5.74, 6) is -0.348. The van der Waals surface area contributed by atoms with Crippen LogP contribution in [-0.4, -0.2) is 48.7 Å². The van der Waals surface area contributed by atoms with Crippen molar-refractivity contribution in [3.05, 3.63) is 36.0 Å². The van der Waals surface area contributed by atoms with E-state index in [1.165, 1.54) is 12.1 Å². The van der Waals surface area contributed by atoms with E-state index in [9.17, 15) is 18.7 Å². The first-order chi connectivity index (χ1) is 18.4. The summed E-state index contributed by atoms with van der Waals surface area (Å²) in [6.45, 7) is 0.